The first-order chi connectivity index (χ1) is 12.5. The second kappa shape index (κ2) is 12.4. The van der Waals surface area contributed by atoms with Crippen molar-refractivity contribution in [1.29, 1.82) is 0 Å². The SMILES string of the molecule is CCCC(C)NC(CCCCNC(=O)CCc1cn(CC)nn1)C(N)=O. The van der Waals surface area contributed by atoms with Gasteiger partial charge in [0.05, 0.1) is 11.7 Å². The van der Waals surface area contributed by atoms with Crippen molar-refractivity contribution in [2.24, 2.45) is 5.73 Å². The van der Waals surface area contributed by atoms with E-state index in [4.69, 9.17) is 5.73 Å². The predicted molar refractivity (Wildman–Crippen MR) is 101 cm³/mol. The molecule has 1 rings (SSSR count). The highest BCUT2D eigenvalue weighted by Gasteiger charge is 2.16. The summed E-state index contributed by atoms with van der Waals surface area (Å²) in [4.78, 5) is 23.4. The lowest BCUT2D eigenvalue weighted by molar-refractivity contribution is -0.121. The lowest BCUT2D eigenvalue weighted by atomic mass is 10.1. The Hall–Kier alpha value is -1.96. The fraction of sp³-hybridized carbons (Fsp3) is 0.778. The topological polar surface area (TPSA) is 115 Å². The molecule has 2 unspecified atom stereocenters. The molecule has 0 aliphatic rings. The number of nitrogens with zero attached hydrogens (tertiary/aromatic N) is 3. The van der Waals surface area contributed by atoms with Gasteiger partial charge in [0.15, 0.2) is 0 Å². The molecule has 0 spiro atoms. The number of hydrogen-bond acceptors (Lipinski definition) is 5. The van der Waals surface area contributed by atoms with E-state index < -0.39 is 0 Å². The molecule has 8 heteroatoms. The van der Waals surface area contributed by atoms with Gasteiger partial charge < -0.3 is 16.4 Å². The lowest BCUT2D eigenvalue weighted by Gasteiger charge is -2.20. The number of aryl methyl sites for hydroxylation is 2. The van der Waals surface area contributed by atoms with Crippen LogP contribution in [0.2, 0.25) is 0 Å². The van der Waals surface area contributed by atoms with E-state index in [9.17, 15) is 9.59 Å². The summed E-state index contributed by atoms with van der Waals surface area (Å²) in [7, 11) is 0. The van der Waals surface area contributed by atoms with E-state index in [2.05, 4.69) is 34.8 Å². The van der Waals surface area contributed by atoms with Crippen molar-refractivity contribution in [3.63, 3.8) is 0 Å². The maximum absolute atomic E-state index is 11.9. The van der Waals surface area contributed by atoms with E-state index in [1.54, 1.807) is 4.68 Å². The minimum absolute atomic E-state index is 0.0113. The Morgan fingerprint density at radius 2 is 2.04 bits per heavy atom. The minimum Gasteiger partial charge on any atom is -0.368 e. The molecule has 0 saturated heterocycles. The fourth-order valence-corrected chi connectivity index (χ4v) is 2.81. The van der Waals surface area contributed by atoms with Gasteiger partial charge in [-0.25, -0.2) is 0 Å². The number of primary amides is 1. The quantitative estimate of drug-likeness (QED) is 0.427. The van der Waals surface area contributed by atoms with Crippen LogP contribution < -0.4 is 16.4 Å². The van der Waals surface area contributed by atoms with Gasteiger partial charge in [0, 0.05) is 38.2 Å². The molecule has 1 aromatic rings. The van der Waals surface area contributed by atoms with Crippen LogP contribution in [0.4, 0.5) is 0 Å². The first-order valence-electron chi connectivity index (χ1n) is 9.67. The summed E-state index contributed by atoms with van der Waals surface area (Å²) in [6.45, 7) is 7.56. The van der Waals surface area contributed by atoms with Gasteiger partial charge in [0.25, 0.3) is 0 Å². The Balaban J connectivity index is 2.15. The second-order valence-electron chi connectivity index (χ2n) is 6.72. The van der Waals surface area contributed by atoms with Gasteiger partial charge in [0.1, 0.15) is 0 Å². The van der Waals surface area contributed by atoms with Crippen LogP contribution in [0.1, 0.15) is 65.0 Å². The van der Waals surface area contributed by atoms with Gasteiger partial charge in [-0.2, -0.15) is 0 Å². The standard InChI is InChI=1S/C18H34N6O2/c1-4-8-14(3)21-16(18(19)26)9-6-7-12-20-17(25)11-10-15-13-24(5-2)23-22-15/h13-14,16,21H,4-12H2,1-3H3,(H2,19,26)(H,20,25). The molecule has 0 fully saturated rings. The summed E-state index contributed by atoms with van der Waals surface area (Å²) < 4.78 is 1.75. The number of carbonyl (C=O) groups excluding carboxylic acids is 2. The highest BCUT2D eigenvalue weighted by molar-refractivity contribution is 5.79. The molecule has 0 aromatic carbocycles. The van der Waals surface area contributed by atoms with E-state index in [1.165, 1.54) is 0 Å². The molecule has 0 bridgehead atoms. The zero-order valence-electron chi connectivity index (χ0n) is 16.3. The van der Waals surface area contributed by atoms with Crippen LogP contribution in [-0.4, -0.2) is 45.4 Å². The van der Waals surface area contributed by atoms with Crippen molar-refractivity contribution in [2.45, 2.75) is 84.3 Å². The molecular formula is C18H34N6O2. The maximum Gasteiger partial charge on any atom is 0.234 e. The number of rotatable bonds is 14. The second-order valence-corrected chi connectivity index (χ2v) is 6.72. The number of aromatic nitrogens is 3. The molecule has 8 nitrogen and oxygen atoms in total. The Morgan fingerprint density at radius 1 is 1.27 bits per heavy atom. The first-order valence-corrected chi connectivity index (χ1v) is 9.67. The zero-order valence-corrected chi connectivity index (χ0v) is 16.3. The fourth-order valence-electron chi connectivity index (χ4n) is 2.81. The first kappa shape index (κ1) is 22.1. The van der Waals surface area contributed by atoms with Gasteiger partial charge in [-0.05, 0) is 39.5 Å². The molecule has 1 aromatic heterocycles. The van der Waals surface area contributed by atoms with E-state index in [-0.39, 0.29) is 23.9 Å². The van der Waals surface area contributed by atoms with Crippen molar-refractivity contribution < 1.29 is 9.59 Å². The summed E-state index contributed by atoms with van der Waals surface area (Å²) in [6.07, 6.45) is 7.31. The minimum atomic E-state index is -0.308. The van der Waals surface area contributed by atoms with E-state index in [0.29, 0.717) is 25.8 Å². The molecule has 4 N–H and O–H groups in total. The summed E-state index contributed by atoms with van der Waals surface area (Å²) in [5, 5.41) is 14.2. The third-order valence-corrected chi connectivity index (χ3v) is 4.31. The summed E-state index contributed by atoms with van der Waals surface area (Å²) in [5.41, 5.74) is 6.30. The Bertz CT molecular complexity index is 546. The van der Waals surface area contributed by atoms with Gasteiger partial charge in [-0.1, -0.05) is 18.6 Å². The Morgan fingerprint density at radius 3 is 2.65 bits per heavy atom. The largest absolute Gasteiger partial charge is 0.368 e. The zero-order chi connectivity index (χ0) is 19.4. The highest BCUT2D eigenvalue weighted by Crippen LogP contribution is 2.04. The highest BCUT2D eigenvalue weighted by atomic mass is 16.2. The summed E-state index contributed by atoms with van der Waals surface area (Å²) in [6, 6.07) is -0.0173. The maximum atomic E-state index is 11.9. The molecule has 26 heavy (non-hydrogen) atoms. The molecule has 0 radical (unpaired) electrons. The molecule has 2 amide bonds. The molecule has 0 aliphatic heterocycles. The third-order valence-electron chi connectivity index (χ3n) is 4.31. The van der Waals surface area contributed by atoms with Gasteiger partial charge in [0.2, 0.25) is 11.8 Å². The number of unbranched alkanes of at least 4 members (excludes halogenated alkanes) is 1. The average molecular weight is 367 g/mol. The predicted octanol–water partition coefficient (Wildman–Crippen LogP) is 1.15. The Kier molecular flexibility index (Phi) is 10.5. The van der Waals surface area contributed by atoms with Crippen molar-refractivity contribution in [1.82, 2.24) is 25.6 Å². The van der Waals surface area contributed by atoms with Crippen LogP contribution in [0, 0.1) is 0 Å². The molecule has 1 heterocycles. The van der Waals surface area contributed by atoms with Crippen LogP contribution >= 0.6 is 0 Å². The monoisotopic (exact) mass is 366 g/mol. The lowest BCUT2D eigenvalue weighted by Crippen LogP contribution is -2.45. The normalized spacial score (nSPS) is 13.3. The number of carbonyl (C=O) groups is 2. The van der Waals surface area contributed by atoms with Crippen molar-refractivity contribution in [2.75, 3.05) is 6.54 Å². The Labute approximate surface area is 156 Å². The van der Waals surface area contributed by atoms with E-state index in [1.807, 2.05) is 13.1 Å². The van der Waals surface area contributed by atoms with Crippen molar-refractivity contribution >= 4 is 11.8 Å². The number of hydrogen-bond donors (Lipinski definition) is 3. The molecule has 2 atom stereocenters. The van der Waals surface area contributed by atoms with Crippen LogP contribution in [0.5, 0.6) is 0 Å². The van der Waals surface area contributed by atoms with Gasteiger partial charge in [-0.3, -0.25) is 14.3 Å². The average Bonchev–Trinajstić information content (AvgIpc) is 3.06. The van der Waals surface area contributed by atoms with Crippen LogP contribution in [0.3, 0.4) is 0 Å². The smallest absolute Gasteiger partial charge is 0.234 e. The van der Waals surface area contributed by atoms with E-state index >= 15 is 0 Å². The summed E-state index contributed by atoms with van der Waals surface area (Å²) >= 11 is 0. The van der Waals surface area contributed by atoms with Crippen molar-refractivity contribution in [3.8, 4) is 0 Å². The summed E-state index contributed by atoms with van der Waals surface area (Å²) in [5.74, 6) is -0.297. The molecule has 0 saturated carbocycles. The molecule has 0 aliphatic carbocycles. The van der Waals surface area contributed by atoms with Crippen molar-refractivity contribution in [3.05, 3.63) is 11.9 Å². The van der Waals surface area contributed by atoms with Crippen LogP contribution in [-0.2, 0) is 22.6 Å². The molecule has 148 valence electrons. The van der Waals surface area contributed by atoms with Gasteiger partial charge in [-0.15, -0.1) is 5.10 Å². The number of nitrogens with one attached hydrogen (secondary N) is 2. The number of amides is 2. The molecular weight excluding hydrogens is 332 g/mol. The van der Waals surface area contributed by atoms with E-state index in [0.717, 1.165) is 37.9 Å². The third kappa shape index (κ3) is 8.94. The van der Waals surface area contributed by atoms with Crippen LogP contribution in [0.15, 0.2) is 6.20 Å². The van der Waals surface area contributed by atoms with Crippen LogP contribution in [0.25, 0.3) is 0 Å². The van der Waals surface area contributed by atoms with Gasteiger partial charge >= 0.3 is 0 Å². The number of nitrogens with two attached hydrogens (primary N) is 1.